The summed E-state index contributed by atoms with van der Waals surface area (Å²) in [6, 6.07) is 5.05. The average molecular weight is 545 g/mol. The molecule has 2 nitrogen and oxygen atoms in total. The van der Waals surface area contributed by atoms with Gasteiger partial charge in [0.25, 0.3) is 0 Å². The summed E-state index contributed by atoms with van der Waals surface area (Å²) in [5, 5.41) is -1.86. The van der Waals surface area contributed by atoms with Crippen LogP contribution in [-0.2, 0) is 17.4 Å². The van der Waals surface area contributed by atoms with Crippen molar-refractivity contribution in [2.24, 2.45) is 0 Å². The van der Waals surface area contributed by atoms with Crippen molar-refractivity contribution < 1.29 is 22.7 Å². The van der Waals surface area contributed by atoms with E-state index in [1.807, 2.05) is 0 Å². The zero-order valence-corrected chi connectivity index (χ0v) is 18.2. The summed E-state index contributed by atoms with van der Waals surface area (Å²) in [6.07, 6.45) is -4.57. The topological polar surface area (TPSA) is 26.3 Å². The van der Waals surface area contributed by atoms with E-state index in [9.17, 15) is 18.0 Å². The van der Waals surface area contributed by atoms with Gasteiger partial charge < -0.3 is 4.74 Å². The second-order valence-corrected chi connectivity index (χ2v) is 8.24. The highest BCUT2D eigenvalue weighted by atomic mass is 79.9. The van der Waals surface area contributed by atoms with Crippen molar-refractivity contribution >= 4 is 79.2 Å². The highest BCUT2D eigenvalue weighted by molar-refractivity contribution is 9.10. The molecular formula is C16H7BrCl5F3O2. The number of rotatable bonds is 5. The Morgan fingerprint density at radius 3 is 2.26 bits per heavy atom. The van der Waals surface area contributed by atoms with Crippen LogP contribution < -0.4 is 4.74 Å². The lowest BCUT2D eigenvalue weighted by atomic mass is 10.1. The van der Waals surface area contributed by atoms with Crippen molar-refractivity contribution in [3.63, 3.8) is 0 Å². The first-order valence-electron chi connectivity index (χ1n) is 6.96. The number of halogens is 9. The SMILES string of the molecule is O=C(Cl)C(Br)Cc1cc(Oc2c(Cl)cc(C(F)(F)F)c(Cl)c2Cl)ccc1Cl. The van der Waals surface area contributed by atoms with E-state index in [1.165, 1.54) is 18.2 Å². The Bertz CT molecular complexity index is 889. The van der Waals surface area contributed by atoms with Gasteiger partial charge in [0.15, 0.2) is 5.75 Å². The van der Waals surface area contributed by atoms with Crippen molar-refractivity contribution in [1.29, 1.82) is 0 Å². The lowest BCUT2D eigenvalue weighted by molar-refractivity contribution is -0.137. The van der Waals surface area contributed by atoms with Crippen molar-refractivity contribution in [1.82, 2.24) is 0 Å². The van der Waals surface area contributed by atoms with E-state index in [0.29, 0.717) is 16.7 Å². The van der Waals surface area contributed by atoms with Gasteiger partial charge in [-0.3, -0.25) is 4.79 Å². The minimum atomic E-state index is -4.73. The fraction of sp³-hybridized carbons (Fsp3) is 0.188. The fourth-order valence-electron chi connectivity index (χ4n) is 2.04. The second-order valence-electron chi connectivity index (χ2n) is 5.19. The summed E-state index contributed by atoms with van der Waals surface area (Å²) in [6.45, 7) is 0. The maximum Gasteiger partial charge on any atom is 0.417 e. The van der Waals surface area contributed by atoms with Crippen molar-refractivity contribution in [2.45, 2.75) is 17.4 Å². The highest BCUT2D eigenvalue weighted by Gasteiger charge is 2.36. The first-order valence-corrected chi connectivity index (χ1v) is 9.76. The van der Waals surface area contributed by atoms with Crippen LogP contribution in [0.4, 0.5) is 13.2 Å². The van der Waals surface area contributed by atoms with Gasteiger partial charge in [-0.15, -0.1) is 0 Å². The van der Waals surface area contributed by atoms with Crippen molar-refractivity contribution in [3.8, 4) is 11.5 Å². The molecule has 27 heavy (non-hydrogen) atoms. The van der Waals surface area contributed by atoms with Crippen LogP contribution in [0.3, 0.4) is 0 Å². The number of carbonyl (C=O) groups is 1. The quantitative estimate of drug-likeness (QED) is 0.215. The summed E-state index contributed by atoms with van der Waals surface area (Å²) in [5.41, 5.74) is -0.665. The minimum Gasteiger partial charge on any atom is -0.454 e. The van der Waals surface area contributed by atoms with Gasteiger partial charge in [-0.05, 0) is 47.9 Å². The molecule has 11 heteroatoms. The number of hydrogen-bond acceptors (Lipinski definition) is 2. The molecular weight excluding hydrogens is 538 g/mol. The monoisotopic (exact) mass is 542 g/mol. The maximum atomic E-state index is 13.0. The molecule has 0 bridgehead atoms. The molecule has 0 spiro atoms. The third kappa shape index (κ3) is 5.58. The summed E-state index contributed by atoms with van der Waals surface area (Å²) >= 11 is 32.1. The zero-order chi connectivity index (χ0) is 20.5. The standard InChI is InChI=1S/C16H7BrCl5F3O2/c17-9(15(22)26)4-6-3-7(1-2-10(6)18)27-14-11(19)5-8(16(23,24)25)12(20)13(14)21/h1-3,5,9H,4H2. The molecule has 0 aliphatic heterocycles. The molecule has 0 amide bonds. The van der Waals surface area contributed by atoms with Gasteiger partial charge in [-0.2, -0.15) is 13.2 Å². The van der Waals surface area contributed by atoms with Gasteiger partial charge in [-0.1, -0.05) is 62.3 Å². The number of ether oxygens (including phenoxy) is 1. The Hall–Kier alpha value is -0.370. The van der Waals surface area contributed by atoms with E-state index in [4.69, 9.17) is 62.7 Å². The van der Waals surface area contributed by atoms with E-state index >= 15 is 0 Å². The molecule has 2 aromatic rings. The van der Waals surface area contributed by atoms with Crippen LogP contribution in [0.1, 0.15) is 11.1 Å². The first kappa shape index (κ1) is 22.9. The van der Waals surface area contributed by atoms with Crippen LogP contribution in [0.5, 0.6) is 11.5 Å². The molecule has 0 N–H and O–H groups in total. The third-order valence-corrected chi connectivity index (χ3v) is 6.07. The minimum absolute atomic E-state index is 0.160. The summed E-state index contributed by atoms with van der Waals surface area (Å²) in [5.74, 6) is -0.0656. The molecule has 0 aliphatic rings. The summed E-state index contributed by atoms with van der Waals surface area (Å²) in [4.78, 5) is 10.5. The average Bonchev–Trinajstić information content (AvgIpc) is 2.56. The van der Waals surface area contributed by atoms with Gasteiger partial charge in [-0.25, -0.2) is 0 Å². The number of benzene rings is 2. The van der Waals surface area contributed by atoms with E-state index in [1.54, 1.807) is 0 Å². The molecule has 0 aliphatic carbocycles. The van der Waals surface area contributed by atoms with Gasteiger partial charge in [0.05, 0.1) is 20.4 Å². The molecule has 2 aromatic carbocycles. The molecule has 0 aromatic heterocycles. The Morgan fingerprint density at radius 1 is 1.07 bits per heavy atom. The normalized spacial score (nSPS) is 12.8. The summed E-state index contributed by atoms with van der Waals surface area (Å²) < 4.78 is 44.4. The van der Waals surface area contributed by atoms with E-state index in [0.717, 1.165) is 0 Å². The molecule has 0 saturated carbocycles. The molecule has 0 saturated heterocycles. The maximum absolute atomic E-state index is 13.0. The molecule has 1 atom stereocenters. The lowest BCUT2D eigenvalue weighted by Gasteiger charge is -2.16. The smallest absolute Gasteiger partial charge is 0.417 e. The lowest BCUT2D eigenvalue weighted by Crippen LogP contribution is -2.11. The van der Waals surface area contributed by atoms with Crippen molar-refractivity contribution in [3.05, 3.63) is 55.5 Å². The predicted molar refractivity (Wildman–Crippen MR) is 105 cm³/mol. The van der Waals surface area contributed by atoms with Crippen LogP contribution in [0.15, 0.2) is 24.3 Å². The van der Waals surface area contributed by atoms with Crippen LogP contribution in [-0.4, -0.2) is 10.1 Å². The molecule has 0 radical (unpaired) electrons. The molecule has 1 unspecified atom stereocenters. The Labute approximate surface area is 185 Å². The zero-order valence-electron chi connectivity index (χ0n) is 12.8. The first-order chi connectivity index (χ1) is 12.4. The Kier molecular flexibility index (Phi) is 7.61. The Morgan fingerprint density at radius 2 is 1.70 bits per heavy atom. The predicted octanol–water partition coefficient (Wildman–Crippen LogP) is 8.18. The highest BCUT2D eigenvalue weighted by Crippen LogP contribution is 2.47. The molecule has 146 valence electrons. The van der Waals surface area contributed by atoms with Crippen LogP contribution in [0.25, 0.3) is 0 Å². The van der Waals surface area contributed by atoms with Gasteiger partial charge >= 0.3 is 6.18 Å². The van der Waals surface area contributed by atoms with E-state index in [-0.39, 0.29) is 22.9 Å². The largest absolute Gasteiger partial charge is 0.454 e. The van der Waals surface area contributed by atoms with Crippen LogP contribution in [0, 0.1) is 0 Å². The van der Waals surface area contributed by atoms with Gasteiger partial charge in [0, 0.05) is 5.02 Å². The van der Waals surface area contributed by atoms with Gasteiger partial charge in [0.1, 0.15) is 10.8 Å². The summed E-state index contributed by atoms with van der Waals surface area (Å²) in [7, 11) is 0. The van der Waals surface area contributed by atoms with Crippen LogP contribution >= 0.6 is 73.9 Å². The second kappa shape index (κ2) is 8.97. The molecule has 2 rings (SSSR count). The van der Waals surface area contributed by atoms with Crippen molar-refractivity contribution in [2.75, 3.05) is 0 Å². The molecule has 0 heterocycles. The Balaban J connectivity index is 2.40. The van der Waals surface area contributed by atoms with Crippen LogP contribution in [0.2, 0.25) is 20.1 Å². The van der Waals surface area contributed by atoms with Gasteiger partial charge in [0.2, 0.25) is 5.24 Å². The number of alkyl halides is 4. The number of hydrogen-bond donors (Lipinski definition) is 0. The molecule has 0 fully saturated rings. The fourth-order valence-corrected chi connectivity index (χ4v) is 3.44. The number of carbonyl (C=O) groups excluding carboxylic acids is 1. The van der Waals surface area contributed by atoms with E-state index in [2.05, 4.69) is 15.9 Å². The third-order valence-electron chi connectivity index (χ3n) is 3.30. The van der Waals surface area contributed by atoms with E-state index < -0.39 is 31.9 Å².